The van der Waals surface area contributed by atoms with E-state index < -0.39 is 0 Å². The third kappa shape index (κ3) is 3.64. The van der Waals surface area contributed by atoms with Gasteiger partial charge in [-0.1, -0.05) is 27.7 Å². The number of hydrogen-bond acceptors (Lipinski definition) is 5. The molecular weight excluding hydrogens is 354 g/mol. The fourth-order valence-corrected chi connectivity index (χ4v) is 3.01. The molecule has 1 aromatic carbocycles. The van der Waals surface area contributed by atoms with Gasteiger partial charge in [0.1, 0.15) is 0 Å². The molecule has 1 heterocycles. The first kappa shape index (κ1) is 16.0. The van der Waals surface area contributed by atoms with Gasteiger partial charge in [0.05, 0.1) is 35.4 Å². The van der Waals surface area contributed by atoms with E-state index in [0.717, 1.165) is 4.47 Å². The number of benzene rings is 1. The predicted octanol–water partition coefficient (Wildman–Crippen LogP) is 2.81. The van der Waals surface area contributed by atoms with Crippen LogP contribution in [0, 0.1) is 11.3 Å². The molecule has 5 nitrogen and oxygen atoms in total. The Kier molecular flexibility index (Phi) is 5.39. The summed E-state index contributed by atoms with van der Waals surface area (Å²) < 4.78 is 7.45. The van der Waals surface area contributed by atoms with Gasteiger partial charge in [-0.3, -0.25) is 9.36 Å². The van der Waals surface area contributed by atoms with E-state index >= 15 is 0 Å². The Hall–Kier alpha value is -1.36. The van der Waals surface area contributed by atoms with Crippen molar-refractivity contribution in [3.05, 3.63) is 33.0 Å². The summed E-state index contributed by atoms with van der Waals surface area (Å²) >= 11 is 4.64. The lowest BCUT2D eigenvalue weighted by atomic mass is 10.2. The van der Waals surface area contributed by atoms with Crippen LogP contribution in [-0.2, 0) is 11.3 Å². The topological polar surface area (TPSA) is 67.9 Å². The first-order valence-electron chi connectivity index (χ1n) is 6.32. The lowest BCUT2D eigenvalue weighted by Crippen LogP contribution is -2.25. The van der Waals surface area contributed by atoms with Gasteiger partial charge < -0.3 is 4.74 Å². The van der Waals surface area contributed by atoms with E-state index in [-0.39, 0.29) is 10.8 Å². The second-order valence-electron chi connectivity index (χ2n) is 4.39. The van der Waals surface area contributed by atoms with Crippen molar-refractivity contribution in [1.82, 2.24) is 9.55 Å². The second-order valence-corrected chi connectivity index (χ2v) is 6.62. The highest BCUT2D eigenvalue weighted by Gasteiger charge is 2.14. The van der Waals surface area contributed by atoms with Crippen LogP contribution in [0.2, 0.25) is 0 Å². The molecule has 1 aromatic heterocycles. The van der Waals surface area contributed by atoms with Gasteiger partial charge in [0.2, 0.25) is 0 Å². The smallest absolute Gasteiger partial charge is 0.262 e. The Balaban J connectivity index is 2.61. The summed E-state index contributed by atoms with van der Waals surface area (Å²) in [7, 11) is 1.58. The molecule has 0 radical (unpaired) electrons. The summed E-state index contributed by atoms with van der Waals surface area (Å²) in [4.78, 5) is 17.1. The number of aromatic nitrogens is 2. The molecule has 2 aromatic rings. The molecule has 0 bridgehead atoms. The van der Waals surface area contributed by atoms with Crippen molar-refractivity contribution < 1.29 is 4.74 Å². The molecule has 0 unspecified atom stereocenters. The largest absolute Gasteiger partial charge is 0.383 e. The summed E-state index contributed by atoms with van der Waals surface area (Å²) in [6.07, 6.45) is 0. The van der Waals surface area contributed by atoms with Gasteiger partial charge in [0, 0.05) is 11.6 Å². The van der Waals surface area contributed by atoms with Crippen LogP contribution in [0.3, 0.4) is 0 Å². The van der Waals surface area contributed by atoms with Crippen molar-refractivity contribution in [1.29, 1.82) is 5.26 Å². The van der Waals surface area contributed by atoms with Gasteiger partial charge >= 0.3 is 0 Å². The third-order valence-corrected chi connectivity index (χ3v) is 4.34. The number of nitrogens with zero attached hydrogens (tertiary/aromatic N) is 3. The van der Waals surface area contributed by atoms with Crippen LogP contribution in [-0.4, -0.2) is 28.5 Å². The Morgan fingerprint density at radius 2 is 2.33 bits per heavy atom. The van der Waals surface area contributed by atoms with Crippen LogP contribution < -0.4 is 5.56 Å². The predicted molar refractivity (Wildman–Crippen MR) is 86.5 cm³/mol. The normalized spacial score (nSPS) is 12.3. The third-order valence-electron chi connectivity index (χ3n) is 2.86. The number of hydrogen-bond donors (Lipinski definition) is 0. The fourth-order valence-electron chi connectivity index (χ4n) is 1.83. The number of thioether (sulfide) groups is 1. The lowest BCUT2D eigenvalue weighted by molar-refractivity contribution is 0.183. The van der Waals surface area contributed by atoms with Crippen molar-refractivity contribution in [3.63, 3.8) is 0 Å². The van der Waals surface area contributed by atoms with Crippen LogP contribution in [0.1, 0.15) is 6.92 Å². The van der Waals surface area contributed by atoms with E-state index in [0.29, 0.717) is 29.2 Å². The Bertz CT molecular complexity index is 754. The minimum Gasteiger partial charge on any atom is -0.383 e. The first-order valence-corrected chi connectivity index (χ1v) is 7.99. The molecule has 0 fully saturated rings. The van der Waals surface area contributed by atoms with Crippen molar-refractivity contribution in [3.8, 4) is 6.07 Å². The van der Waals surface area contributed by atoms with Crippen LogP contribution >= 0.6 is 27.7 Å². The van der Waals surface area contributed by atoms with E-state index in [1.54, 1.807) is 30.7 Å². The van der Waals surface area contributed by atoms with Crippen molar-refractivity contribution >= 4 is 38.6 Å². The first-order chi connectivity index (χ1) is 10.1. The standard InChI is InChI=1S/C14H14BrN3O2S/c1-9(8-16)21-14-17-12-4-3-10(15)7-11(12)13(19)18(14)5-6-20-2/h3-4,7,9H,5-6H2,1-2H3/t9-/m1/s1. The SMILES string of the molecule is COCCn1c(S[C@H](C)C#N)nc2ccc(Br)cc2c1=O. The lowest BCUT2D eigenvalue weighted by Gasteiger charge is -2.13. The fraction of sp³-hybridized carbons (Fsp3) is 0.357. The Labute approximate surface area is 135 Å². The number of rotatable bonds is 5. The molecule has 0 aliphatic heterocycles. The highest BCUT2D eigenvalue weighted by molar-refractivity contribution is 9.10. The zero-order valence-corrected chi connectivity index (χ0v) is 14.1. The van der Waals surface area contributed by atoms with Crippen LogP contribution in [0.15, 0.2) is 32.6 Å². The molecule has 0 spiro atoms. The molecule has 1 atom stereocenters. The molecule has 2 rings (SSSR count). The molecule has 0 saturated heterocycles. The Morgan fingerprint density at radius 3 is 3.00 bits per heavy atom. The summed E-state index contributed by atoms with van der Waals surface area (Å²) in [6, 6.07) is 7.54. The van der Waals surface area contributed by atoms with E-state index in [2.05, 4.69) is 27.0 Å². The maximum absolute atomic E-state index is 12.6. The summed E-state index contributed by atoms with van der Waals surface area (Å²) in [5.74, 6) is 0. The van der Waals surface area contributed by atoms with E-state index in [1.807, 2.05) is 6.07 Å². The highest BCUT2D eigenvalue weighted by atomic mass is 79.9. The molecule has 0 aliphatic carbocycles. The average molecular weight is 368 g/mol. The number of nitriles is 1. The summed E-state index contributed by atoms with van der Waals surface area (Å²) in [5, 5.41) is 9.78. The maximum Gasteiger partial charge on any atom is 0.262 e. The number of methoxy groups -OCH3 is 1. The molecule has 0 saturated carbocycles. The quantitative estimate of drug-likeness (QED) is 0.600. The monoisotopic (exact) mass is 367 g/mol. The molecule has 21 heavy (non-hydrogen) atoms. The van der Waals surface area contributed by atoms with E-state index in [1.165, 1.54) is 11.8 Å². The molecule has 0 N–H and O–H groups in total. The van der Waals surface area contributed by atoms with Crippen LogP contribution in [0.5, 0.6) is 0 Å². The van der Waals surface area contributed by atoms with E-state index in [4.69, 9.17) is 10.00 Å². The van der Waals surface area contributed by atoms with Gasteiger partial charge in [-0.25, -0.2) is 4.98 Å². The molecule has 110 valence electrons. The minimum atomic E-state index is -0.279. The number of halogens is 1. The van der Waals surface area contributed by atoms with Crippen molar-refractivity contribution in [2.24, 2.45) is 0 Å². The molecule has 0 aliphatic rings. The van der Waals surface area contributed by atoms with Crippen molar-refractivity contribution in [2.75, 3.05) is 13.7 Å². The summed E-state index contributed by atoms with van der Waals surface area (Å²) in [6.45, 7) is 2.60. The molecular formula is C14H14BrN3O2S. The second kappa shape index (κ2) is 7.07. The highest BCUT2D eigenvalue weighted by Crippen LogP contribution is 2.23. The van der Waals surface area contributed by atoms with Gasteiger partial charge in [-0.15, -0.1) is 0 Å². The van der Waals surface area contributed by atoms with Crippen molar-refractivity contribution in [2.45, 2.75) is 23.9 Å². The molecule has 7 heteroatoms. The van der Waals surface area contributed by atoms with Gasteiger partial charge in [0.25, 0.3) is 5.56 Å². The maximum atomic E-state index is 12.6. The zero-order valence-electron chi connectivity index (χ0n) is 11.7. The Morgan fingerprint density at radius 1 is 1.57 bits per heavy atom. The average Bonchev–Trinajstić information content (AvgIpc) is 2.47. The van der Waals surface area contributed by atoms with Gasteiger partial charge in [-0.05, 0) is 25.1 Å². The van der Waals surface area contributed by atoms with Crippen LogP contribution in [0.4, 0.5) is 0 Å². The summed E-state index contributed by atoms with van der Waals surface area (Å²) in [5.41, 5.74) is 0.510. The number of fused-ring (bicyclic) bond motifs is 1. The minimum absolute atomic E-state index is 0.119. The van der Waals surface area contributed by atoms with Crippen LogP contribution in [0.25, 0.3) is 10.9 Å². The van der Waals surface area contributed by atoms with E-state index in [9.17, 15) is 4.79 Å². The van der Waals surface area contributed by atoms with Gasteiger partial charge in [-0.2, -0.15) is 5.26 Å². The number of ether oxygens (including phenoxy) is 1. The zero-order chi connectivity index (χ0) is 15.4. The molecule has 0 amide bonds. The van der Waals surface area contributed by atoms with Gasteiger partial charge in [0.15, 0.2) is 5.16 Å².